The van der Waals surface area contributed by atoms with Gasteiger partial charge in [0.05, 0.1) is 11.2 Å². The second-order valence-corrected chi connectivity index (χ2v) is 7.83. The fourth-order valence-corrected chi connectivity index (χ4v) is 3.89. The number of carbonyl (C=O) groups is 1. The van der Waals surface area contributed by atoms with Crippen molar-refractivity contribution in [3.63, 3.8) is 0 Å². The van der Waals surface area contributed by atoms with Gasteiger partial charge in [-0.25, -0.2) is 0 Å². The van der Waals surface area contributed by atoms with Gasteiger partial charge in [0, 0.05) is 32.0 Å². The zero-order chi connectivity index (χ0) is 14.3. The molecular formula is C16H29NO2. The van der Waals surface area contributed by atoms with Crippen molar-refractivity contribution in [3.05, 3.63) is 0 Å². The van der Waals surface area contributed by atoms with E-state index in [1.165, 1.54) is 0 Å². The van der Waals surface area contributed by atoms with Crippen molar-refractivity contribution in [2.75, 3.05) is 19.6 Å². The smallest absolute Gasteiger partial charge is 0.137 e. The van der Waals surface area contributed by atoms with Crippen LogP contribution in [0.25, 0.3) is 0 Å². The molecule has 0 aromatic carbocycles. The number of hydrogen-bond donors (Lipinski definition) is 0. The Kier molecular flexibility index (Phi) is 4.08. The second-order valence-electron chi connectivity index (χ2n) is 7.83. The van der Waals surface area contributed by atoms with Gasteiger partial charge in [0.25, 0.3) is 0 Å². The lowest BCUT2D eigenvalue weighted by atomic mass is 9.81. The van der Waals surface area contributed by atoms with Gasteiger partial charge in [0.1, 0.15) is 5.78 Å². The molecule has 0 aromatic rings. The largest absolute Gasteiger partial charge is 0.367 e. The van der Waals surface area contributed by atoms with E-state index in [0.29, 0.717) is 11.7 Å². The summed E-state index contributed by atoms with van der Waals surface area (Å²) < 4.78 is 6.10. The zero-order valence-corrected chi connectivity index (χ0v) is 13.2. The van der Waals surface area contributed by atoms with Crippen LogP contribution in [0.2, 0.25) is 0 Å². The summed E-state index contributed by atoms with van der Waals surface area (Å²) in [6.07, 6.45) is 2.93. The average molecular weight is 267 g/mol. The lowest BCUT2D eigenvalue weighted by Crippen LogP contribution is -2.58. The number of nitrogens with zero attached hydrogens (tertiary/aromatic N) is 1. The van der Waals surface area contributed by atoms with Crippen molar-refractivity contribution in [1.82, 2.24) is 4.90 Å². The molecule has 2 unspecified atom stereocenters. The average Bonchev–Trinajstić information content (AvgIpc) is 2.18. The van der Waals surface area contributed by atoms with Gasteiger partial charge in [-0.3, -0.25) is 9.69 Å². The molecule has 2 aliphatic rings. The van der Waals surface area contributed by atoms with Crippen molar-refractivity contribution in [2.24, 2.45) is 11.8 Å². The fraction of sp³-hybridized carbons (Fsp3) is 0.938. The molecule has 3 nitrogen and oxygen atoms in total. The number of carbonyl (C=O) groups excluding carboxylic acids is 1. The van der Waals surface area contributed by atoms with E-state index < -0.39 is 0 Å². The predicted molar refractivity (Wildman–Crippen MR) is 77.2 cm³/mol. The van der Waals surface area contributed by atoms with Crippen LogP contribution < -0.4 is 0 Å². The molecule has 0 bridgehead atoms. The minimum Gasteiger partial charge on any atom is -0.367 e. The first-order chi connectivity index (χ1) is 8.67. The predicted octanol–water partition coefficient (Wildman–Crippen LogP) is 2.88. The molecule has 0 aromatic heterocycles. The highest BCUT2D eigenvalue weighted by molar-refractivity contribution is 5.81. The Morgan fingerprint density at radius 3 is 2.37 bits per heavy atom. The van der Waals surface area contributed by atoms with E-state index in [4.69, 9.17) is 4.74 Å². The maximum Gasteiger partial charge on any atom is 0.137 e. The standard InChI is InChI=1S/C16H29NO2/c1-12-6-7-14(18)13(8-12)9-17-10-15(2,3)19-16(4,5)11-17/h12-13H,6-11H2,1-5H3. The minimum absolute atomic E-state index is 0.120. The minimum atomic E-state index is -0.120. The topological polar surface area (TPSA) is 29.5 Å². The third-order valence-corrected chi connectivity index (χ3v) is 4.27. The van der Waals surface area contributed by atoms with Gasteiger partial charge in [-0.2, -0.15) is 0 Å². The molecule has 0 spiro atoms. The molecule has 1 saturated heterocycles. The van der Waals surface area contributed by atoms with Gasteiger partial charge in [-0.1, -0.05) is 6.92 Å². The highest BCUT2D eigenvalue weighted by Crippen LogP contribution is 2.31. The molecule has 0 N–H and O–H groups in total. The summed E-state index contributed by atoms with van der Waals surface area (Å²) in [4.78, 5) is 14.5. The maximum atomic E-state index is 12.1. The van der Waals surface area contributed by atoms with Crippen molar-refractivity contribution < 1.29 is 9.53 Å². The van der Waals surface area contributed by atoms with Crippen LogP contribution in [0.1, 0.15) is 53.9 Å². The van der Waals surface area contributed by atoms with E-state index in [0.717, 1.165) is 38.9 Å². The van der Waals surface area contributed by atoms with Crippen LogP contribution >= 0.6 is 0 Å². The van der Waals surface area contributed by atoms with E-state index in [9.17, 15) is 4.79 Å². The normalized spacial score (nSPS) is 35.3. The maximum absolute atomic E-state index is 12.1. The first-order valence-corrected chi connectivity index (χ1v) is 7.62. The third-order valence-electron chi connectivity index (χ3n) is 4.27. The molecule has 1 aliphatic carbocycles. The Morgan fingerprint density at radius 1 is 1.21 bits per heavy atom. The fourth-order valence-electron chi connectivity index (χ4n) is 3.89. The summed E-state index contributed by atoms with van der Waals surface area (Å²) in [5.74, 6) is 1.42. The Morgan fingerprint density at radius 2 is 1.79 bits per heavy atom. The number of hydrogen-bond acceptors (Lipinski definition) is 3. The molecule has 110 valence electrons. The molecule has 2 rings (SSSR count). The molecule has 1 saturated carbocycles. The van der Waals surface area contributed by atoms with E-state index >= 15 is 0 Å². The summed E-state index contributed by atoms with van der Waals surface area (Å²) in [5, 5.41) is 0. The quantitative estimate of drug-likeness (QED) is 0.770. The van der Waals surface area contributed by atoms with Gasteiger partial charge in [-0.05, 0) is 46.5 Å². The van der Waals surface area contributed by atoms with Crippen molar-refractivity contribution in [3.8, 4) is 0 Å². The molecule has 2 fully saturated rings. The molecular weight excluding hydrogens is 238 g/mol. The highest BCUT2D eigenvalue weighted by Gasteiger charge is 2.39. The van der Waals surface area contributed by atoms with Crippen LogP contribution in [0.5, 0.6) is 0 Å². The molecule has 2 atom stereocenters. The molecule has 1 heterocycles. The van der Waals surface area contributed by atoms with Gasteiger partial charge < -0.3 is 4.74 Å². The summed E-state index contributed by atoms with van der Waals surface area (Å²) in [7, 11) is 0. The Hall–Kier alpha value is -0.410. The van der Waals surface area contributed by atoms with Gasteiger partial charge in [0.15, 0.2) is 0 Å². The van der Waals surface area contributed by atoms with Crippen molar-refractivity contribution >= 4 is 5.78 Å². The number of Topliss-reactive ketones (excluding diaryl/α,β-unsaturated/α-hetero) is 1. The zero-order valence-electron chi connectivity index (χ0n) is 13.2. The lowest BCUT2D eigenvalue weighted by molar-refractivity contribution is -0.183. The van der Waals surface area contributed by atoms with E-state index in [-0.39, 0.29) is 17.1 Å². The number of rotatable bonds is 2. The SMILES string of the molecule is CC1CCC(=O)C(CN2CC(C)(C)OC(C)(C)C2)C1. The molecule has 3 heteroatoms. The van der Waals surface area contributed by atoms with Gasteiger partial charge in [0.2, 0.25) is 0 Å². The lowest BCUT2D eigenvalue weighted by Gasteiger charge is -2.48. The number of morpholine rings is 1. The van der Waals surface area contributed by atoms with Crippen molar-refractivity contribution in [1.29, 1.82) is 0 Å². The van der Waals surface area contributed by atoms with E-state index in [2.05, 4.69) is 39.5 Å². The van der Waals surface area contributed by atoms with Crippen LogP contribution in [0.15, 0.2) is 0 Å². The molecule has 0 amide bonds. The van der Waals surface area contributed by atoms with Crippen LogP contribution in [0.4, 0.5) is 0 Å². The first-order valence-electron chi connectivity index (χ1n) is 7.62. The van der Waals surface area contributed by atoms with Gasteiger partial charge in [-0.15, -0.1) is 0 Å². The van der Waals surface area contributed by atoms with Crippen LogP contribution in [0, 0.1) is 11.8 Å². The number of ether oxygens (including phenoxy) is 1. The Balaban J connectivity index is 1.99. The third kappa shape index (κ3) is 4.03. The highest BCUT2D eigenvalue weighted by atomic mass is 16.5. The molecule has 1 aliphatic heterocycles. The van der Waals surface area contributed by atoms with Crippen LogP contribution in [-0.2, 0) is 9.53 Å². The summed E-state index contributed by atoms with van der Waals surface area (Å²) in [6.45, 7) is 13.6. The van der Waals surface area contributed by atoms with Crippen LogP contribution in [0.3, 0.4) is 0 Å². The number of ketones is 1. The summed E-state index contributed by atoms with van der Waals surface area (Å²) in [5.41, 5.74) is -0.240. The second kappa shape index (κ2) is 5.17. The monoisotopic (exact) mass is 267 g/mol. The molecule has 19 heavy (non-hydrogen) atoms. The Bertz CT molecular complexity index is 333. The molecule has 0 radical (unpaired) electrons. The van der Waals surface area contributed by atoms with E-state index in [1.54, 1.807) is 0 Å². The van der Waals surface area contributed by atoms with E-state index in [1.807, 2.05) is 0 Å². The first kappa shape index (κ1) is 15.0. The van der Waals surface area contributed by atoms with Crippen LogP contribution in [-0.4, -0.2) is 41.5 Å². The van der Waals surface area contributed by atoms with Crippen molar-refractivity contribution in [2.45, 2.75) is 65.1 Å². The summed E-state index contributed by atoms with van der Waals surface area (Å²) in [6, 6.07) is 0. The summed E-state index contributed by atoms with van der Waals surface area (Å²) >= 11 is 0. The Labute approximate surface area is 117 Å². The van der Waals surface area contributed by atoms with Gasteiger partial charge >= 0.3 is 0 Å².